The van der Waals surface area contributed by atoms with Gasteiger partial charge < -0.3 is 24.7 Å². The highest BCUT2D eigenvalue weighted by Crippen LogP contribution is 2.23. The second kappa shape index (κ2) is 5.77. The Bertz CT molecular complexity index is 190. The average molecular weight is 219 g/mol. The van der Waals surface area contributed by atoms with Crippen LogP contribution in [0.15, 0.2) is 0 Å². The molecule has 0 radical (unpaired) electrons. The first-order chi connectivity index (χ1) is 7.15. The maximum atomic E-state index is 5.99. The van der Waals surface area contributed by atoms with E-state index in [-0.39, 0.29) is 30.5 Å². The standard InChI is InChI=1S/C10H21NO4/c1-6-8(11)10(14-4)9(13-3)7(15-6)5-12-2/h6-10H,5,11H2,1-4H3/t6?,7?,8?,9-,10+/m0/s1. The minimum Gasteiger partial charge on any atom is -0.382 e. The normalized spacial score (nSPS) is 41.8. The molecule has 0 aromatic heterocycles. The van der Waals surface area contributed by atoms with Gasteiger partial charge in [0.1, 0.15) is 18.3 Å². The third-order valence-electron chi connectivity index (χ3n) is 2.88. The zero-order valence-electron chi connectivity index (χ0n) is 9.80. The molecule has 0 amide bonds. The molecule has 1 saturated heterocycles. The van der Waals surface area contributed by atoms with E-state index < -0.39 is 0 Å². The summed E-state index contributed by atoms with van der Waals surface area (Å²) in [6.45, 7) is 2.42. The van der Waals surface area contributed by atoms with Gasteiger partial charge in [-0.05, 0) is 6.92 Å². The number of rotatable bonds is 4. The summed E-state index contributed by atoms with van der Waals surface area (Å²) < 4.78 is 21.5. The summed E-state index contributed by atoms with van der Waals surface area (Å²) >= 11 is 0. The van der Waals surface area contributed by atoms with Crippen molar-refractivity contribution in [1.82, 2.24) is 0 Å². The molecular formula is C10H21NO4. The van der Waals surface area contributed by atoms with Crippen LogP contribution in [0.4, 0.5) is 0 Å². The number of hydrogen-bond acceptors (Lipinski definition) is 5. The van der Waals surface area contributed by atoms with Crippen molar-refractivity contribution in [3.05, 3.63) is 0 Å². The lowest BCUT2D eigenvalue weighted by molar-refractivity contribution is -0.202. The van der Waals surface area contributed by atoms with Crippen LogP contribution in [-0.2, 0) is 18.9 Å². The van der Waals surface area contributed by atoms with Crippen molar-refractivity contribution in [2.45, 2.75) is 37.4 Å². The third kappa shape index (κ3) is 2.68. The lowest BCUT2D eigenvalue weighted by Gasteiger charge is -2.43. The fourth-order valence-electron chi connectivity index (χ4n) is 2.02. The monoisotopic (exact) mass is 219 g/mol. The summed E-state index contributed by atoms with van der Waals surface area (Å²) in [5, 5.41) is 0. The molecule has 15 heavy (non-hydrogen) atoms. The summed E-state index contributed by atoms with van der Waals surface area (Å²) in [4.78, 5) is 0. The second-order valence-electron chi connectivity index (χ2n) is 3.81. The van der Waals surface area contributed by atoms with Gasteiger partial charge in [0.15, 0.2) is 0 Å². The van der Waals surface area contributed by atoms with E-state index in [1.54, 1.807) is 21.3 Å². The lowest BCUT2D eigenvalue weighted by Crippen LogP contribution is -2.62. The summed E-state index contributed by atoms with van der Waals surface area (Å²) in [6, 6.07) is -0.173. The summed E-state index contributed by atoms with van der Waals surface area (Å²) in [6.07, 6.45) is -0.513. The first-order valence-electron chi connectivity index (χ1n) is 5.11. The highest BCUT2D eigenvalue weighted by atomic mass is 16.6. The van der Waals surface area contributed by atoms with Gasteiger partial charge in [-0.3, -0.25) is 0 Å². The van der Waals surface area contributed by atoms with Crippen molar-refractivity contribution in [2.75, 3.05) is 27.9 Å². The quantitative estimate of drug-likeness (QED) is 0.708. The molecule has 1 aliphatic heterocycles. The fraction of sp³-hybridized carbons (Fsp3) is 1.00. The van der Waals surface area contributed by atoms with Crippen LogP contribution in [0.5, 0.6) is 0 Å². The van der Waals surface area contributed by atoms with Crippen LogP contribution in [-0.4, -0.2) is 58.4 Å². The van der Waals surface area contributed by atoms with Gasteiger partial charge in [0.25, 0.3) is 0 Å². The minimum atomic E-state index is -0.179. The number of nitrogens with two attached hydrogens (primary N) is 1. The molecule has 5 heteroatoms. The van der Waals surface area contributed by atoms with Gasteiger partial charge in [-0.2, -0.15) is 0 Å². The molecule has 0 saturated carbocycles. The molecule has 1 fully saturated rings. The SMILES string of the molecule is COCC1OC(C)C(N)[C@@H](OC)[C@H]1OC. The Morgan fingerprint density at radius 2 is 1.73 bits per heavy atom. The van der Waals surface area contributed by atoms with Gasteiger partial charge in [-0.15, -0.1) is 0 Å². The topological polar surface area (TPSA) is 62.9 Å². The zero-order valence-corrected chi connectivity index (χ0v) is 9.80. The zero-order chi connectivity index (χ0) is 11.4. The van der Waals surface area contributed by atoms with E-state index in [0.717, 1.165) is 0 Å². The van der Waals surface area contributed by atoms with Gasteiger partial charge >= 0.3 is 0 Å². The third-order valence-corrected chi connectivity index (χ3v) is 2.88. The molecule has 1 heterocycles. The molecule has 1 aliphatic rings. The van der Waals surface area contributed by atoms with Crippen molar-refractivity contribution in [3.8, 4) is 0 Å². The smallest absolute Gasteiger partial charge is 0.113 e. The molecule has 0 aromatic carbocycles. The molecule has 0 bridgehead atoms. The molecule has 5 atom stereocenters. The highest BCUT2D eigenvalue weighted by molar-refractivity contribution is 4.94. The van der Waals surface area contributed by atoms with Crippen molar-refractivity contribution < 1.29 is 18.9 Å². The van der Waals surface area contributed by atoms with Crippen LogP contribution < -0.4 is 5.73 Å². The second-order valence-corrected chi connectivity index (χ2v) is 3.81. The van der Waals surface area contributed by atoms with Crippen LogP contribution in [0.2, 0.25) is 0 Å². The van der Waals surface area contributed by atoms with Crippen molar-refractivity contribution in [1.29, 1.82) is 0 Å². The average Bonchev–Trinajstić information content (AvgIpc) is 2.23. The Labute approximate surface area is 90.8 Å². The van der Waals surface area contributed by atoms with E-state index in [1.165, 1.54) is 0 Å². The summed E-state index contributed by atoms with van der Waals surface area (Å²) in [5.41, 5.74) is 5.99. The number of hydrogen-bond donors (Lipinski definition) is 1. The van der Waals surface area contributed by atoms with Crippen LogP contribution in [0.25, 0.3) is 0 Å². The summed E-state index contributed by atoms with van der Waals surface area (Å²) in [5.74, 6) is 0. The minimum absolute atomic E-state index is 0.0542. The van der Waals surface area contributed by atoms with E-state index in [9.17, 15) is 0 Å². The Kier molecular flexibility index (Phi) is 4.95. The van der Waals surface area contributed by atoms with Gasteiger partial charge in [-0.1, -0.05) is 0 Å². The largest absolute Gasteiger partial charge is 0.382 e. The van der Waals surface area contributed by atoms with Gasteiger partial charge in [0.05, 0.1) is 18.8 Å². The maximum Gasteiger partial charge on any atom is 0.113 e. The van der Waals surface area contributed by atoms with Crippen LogP contribution >= 0.6 is 0 Å². The van der Waals surface area contributed by atoms with Gasteiger partial charge in [0, 0.05) is 21.3 Å². The number of ether oxygens (including phenoxy) is 4. The van der Waals surface area contributed by atoms with Crippen molar-refractivity contribution in [3.63, 3.8) is 0 Å². The number of methoxy groups -OCH3 is 3. The molecule has 0 aliphatic carbocycles. The van der Waals surface area contributed by atoms with E-state index >= 15 is 0 Å². The Balaban J connectivity index is 2.73. The maximum absolute atomic E-state index is 5.99. The van der Waals surface area contributed by atoms with E-state index in [4.69, 9.17) is 24.7 Å². The molecular weight excluding hydrogens is 198 g/mol. The van der Waals surface area contributed by atoms with E-state index in [0.29, 0.717) is 6.61 Å². The highest BCUT2D eigenvalue weighted by Gasteiger charge is 2.43. The molecule has 1 rings (SSSR count). The Morgan fingerprint density at radius 1 is 1.13 bits per heavy atom. The van der Waals surface area contributed by atoms with Gasteiger partial charge in [0.2, 0.25) is 0 Å². The fourth-order valence-corrected chi connectivity index (χ4v) is 2.02. The predicted octanol–water partition coefficient (Wildman–Crippen LogP) is -0.223. The molecule has 5 nitrogen and oxygen atoms in total. The van der Waals surface area contributed by atoms with Crippen LogP contribution in [0.1, 0.15) is 6.92 Å². The lowest BCUT2D eigenvalue weighted by atomic mass is 9.94. The first kappa shape index (κ1) is 12.9. The predicted molar refractivity (Wildman–Crippen MR) is 55.8 cm³/mol. The Hall–Kier alpha value is -0.200. The molecule has 90 valence electrons. The molecule has 3 unspecified atom stereocenters. The van der Waals surface area contributed by atoms with Crippen molar-refractivity contribution >= 4 is 0 Å². The Morgan fingerprint density at radius 3 is 2.20 bits per heavy atom. The first-order valence-corrected chi connectivity index (χ1v) is 5.11. The molecule has 0 spiro atoms. The van der Waals surface area contributed by atoms with E-state index in [2.05, 4.69) is 0 Å². The molecule has 2 N–H and O–H groups in total. The van der Waals surface area contributed by atoms with Crippen molar-refractivity contribution in [2.24, 2.45) is 5.73 Å². The summed E-state index contributed by atoms with van der Waals surface area (Å²) in [7, 11) is 4.90. The van der Waals surface area contributed by atoms with Crippen LogP contribution in [0, 0.1) is 0 Å². The van der Waals surface area contributed by atoms with Gasteiger partial charge in [-0.25, -0.2) is 0 Å². The van der Waals surface area contributed by atoms with Crippen LogP contribution in [0.3, 0.4) is 0 Å². The molecule has 0 aromatic rings. The van der Waals surface area contributed by atoms with E-state index in [1.807, 2.05) is 6.92 Å².